The molecule has 0 aliphatic rings. The molecule has 0 fully saturated rings. The zero-order valence-corrected chi connectivity index (χ0v) is 11.5. The number of non-ortho nitro benzene ring substituents is 1. The van der Waals surface area contributed by atoms with Gasteiger partial charge in [0.05, 0.1) is 4.92 Å². The molecule has 2 atom stereocenters. The number of nitrogens with zero attached hydrogens (tertiary/aromatic N) is 1. The minimum Gasteiger partial charge on any atom is -0.396 e. The van der Waals surface area contributed by atoms with Gasteiger partial charge in [-0.25, -0.2) is 0 Å². The van der Waals surface area contributed by atoms with E-state index in [1.165, 1.54) is 6.07 Å². The summed E-state index contributed by atoms with van der Waals surface area (Å²) in [5.41, 5.74) is 1.06. The Morgan fingerprint density at radius 2 is 2.21 bits per heavy atom. The second kappa shape index (κ2) is 7.86. The van der Waals surface area contributed by atoms with Crippen LogP contribution in [0.3, 0.4) is 0 Å². The number of nitro benzene ring substituents is 1. The molecule has 5 nitrogen and oxygen atoms in total. The van der Waals surface area contributed by atoms with Crippen molar-refractivity contribution >= 4 is 5.69 Å². The van der Waals surface area contributed by atoms with Crippen LogP contribution >= 0.6 is 0 Å². The molecule has 19 heavy (non-hydrogen) atoms. The zero-order valence-electron chi connectivity index (χ0n) is 11.5. The van der Waals surface area contributed by atoms with Gasteiger partial charge in [0.1, 0.15) is 0 Å². The summed E-state index contributed by atoms with van der Waals surface area (Å²) in [6.07, 6.45) is 2.52. The van der Waals surface area contributed by atoms with Crippen LogP contribution in [0.1, 0.15) is 44.7 Å². The fraction of sp³-hybridized carbons (Fsp3) is 0.571. The quantitative estimate of drug-likeness (QED) is 0.560. The van der Waals surface area contributed by atoms with Gasteiger partial charge in [-0.1, -0.05) is 19.1 Å². The van der Waals surface area contributed by atoms with Gasteiger partial charge in [-0.3, -0.25) is 10.1 Å². The van der Waals surface area contributed by atoms with Crippen molar-refractivity contribution in [3.8, 4) is 0 Å². The van der Waals surface area contributed by atoms with Gasteiger partial charge in [-0.2, -0.15) is 0 Å². The molecule has 1 aromatic rings. The van der Waals surface area contributed by atoms with E-state index in [0.717, 1.165) is 24.8 Å². The smallest absolute Gasteiger partial charge is 0.269 e. The maximum absolute atomic E-state index is 10.8. The maximum atomic E-state index is 10.8. The molecule has 0 spiro atoms. The van der Waals surface area contributed by atoms with Crippen LogP contribution in [0.4, 0.5) is 5.69 Å². The number of aliphatic hydroxyl groups is 1. The van der Waals surface area contributed by atoms with Crippen molar-refractivity contribution in [3.63, 3.8) is 0 Å². The zero-order chi connectivity index (χ0) is 14.3. The molecular formula is C14H22N2O3. The number of benzene rings is 1. The van der Waals surface area contributed by atoms with Crippen LogP contribution in [0, 0.1) is 10.1 Å². The third-order valence-corrected chi connectivity index (χ3v) is 3.17. The van der Waals surface area contributed by atoms with E-state index in [-0.39, 0.29) is 29.3 Å². The second-order valence-electron chi connectivity index (χ2n) is 4.75. The van der Waals surface area contributed by atoms with Crippen LogP contribution in [0.5, 0.6) is 0 Å². The Bertz CT molecular complexity index is 409. The van der Waals surface area contributed by atoms with Crippen molar-refractivity contribution in [2.45, 2.75) is 45.2 Å². The van der Waals surface area contributed by atoms with E-state index in [1.807, 2.05) is 6.07 Å². The molecule has 0 radical (unpaired) electrons. The second-order valence-corrected chi connectivity index (χ2v) is 4.75. The Kier molecular flexibility index (Phi) is 6.45. The number of aliphatic hydroxyl groups excluding tert-OH is 1. The lowest BCUT2D eigenvalue weighted by atomic mass is 10.0. The predicted octanol–water partition coefficient (Wildman–Crippen LogP) is 2.80. The molecule has 2 unspecified atom stereocenters. The molecule has 1 rings (SSSR count). The van der Waals surface area contributed by atoms with Gasteiger partial charge >= 0.3 is 0 Å². The summed E-state index contributed by atoms with van der Waals surface area (Å²) in [6, 6.07) is 7.14. The van der Waals surface area contributed by atoms with Crippen LogP contribution in [-0.4, -0.2) is 22.7 Å². The van der Waals surface area contributed by atoms with E-state index in [9.17, 15) is 10.1 Å². The highest BCUT2D eigenvalue weighted by molar-refractivity contribution is 5.35. The van der Waals surface area contributed by atoms with E-state index < -0.39 is 0 Å². The molecule has 5 heteroatoms. The van der Waals surface area contributed by atoms with Crippen molar-refractivity contribution in [3.05, 3.63) is 39.9 Å². The molecule has 0 bridgehead atoms. The summed E-state index contributed by atoms with van der Waals surface area (Å²) < 4.78 is 0. The van der Waals surface area contributed by atoms with Gasteiger partial charge in [0.25, 0.3) is 5.69 Å². The highest BCUT2D eigenvalue weighted by Gasteiger charge is 2.15. The summed E-state index contributed by atoms with van der Waals surface area (Å²) in [4.78, 5) is 10.4. The highest BCUT2D eigenvalue weighted by Crippen LogP contribution is 2.22. The molecule has 0 heterocycles. The van der Waals surface area contributed by atoms with Crippen molar-refractivity contribution in [2.24, 2.45) is 0 Å². The first-order valence-corrected chi connectivity index (χ1v) is 6.69. The minimum atomic E-state index is -0.370. The predicted molar refractivity (Wildman–Crippen MR) is 75.0 cm³/mol. The van der Waals surface area contributed by atoms with Crippen LogP contribution in [0.15, 0.2) is 24.3 Å². The molecule has 106 valence electrons. The van der Waals surface area contributed by atoms with Crippen LogP contribution in [0.25, 0.3) is 0 Å². The Labute approximate surface area is 113 Å². The molecule has 0 aliphatic carbocycles. The van der Waals surface area contributed by atoms with E-state index in [1.54, 1.807) is 12.1 Å². The van der Waals surface area contributed by atoms with Gasteiger partial charge in [-0.15, -0.1) is 0 Å². The summed E-state index contributed by atoms with van der Waals surface area (Å²) in [6.45, 7) is 4.31. The van der Waals surface area contributed by atoms with E-state index >= 15 is 0 Å². The van der Waals surface area contributed by atoms with Crippen LogP contribution < -0.4 is 5.32 Å². The lowest BCUT2D eigenvalue weighted by molar-refractivity contribution is -0.384. The number of rotatable bonds is 8. The topological polar surface area (TPSA) is 75.4 Å². The molecule has 0 saturated heterocycles. The third-order valence-electron chi connectivity index (χ3n) is 3.17. The van der Waals surface area contributed by atoms with Gasteiger partial charge in [0, 0.05) is 30.8 Å². The SMILES string of the molecule is CCC(NC(C)CCCO)c1cccc([N+](=O)[O-])c1. The van der Waals surface area contributed by atoms with Crippen LogP contribution in [0.2, 0.25) is 0 Å². The number of nitro groups is 1. The van der Waals surface area contributed by atoms with Crippen molar-refractivity contribution in [1.29, 1.82) is 0 Å². The Morgan fingerprint density at radius 1 is 1.47 bits per heavy atom. The van der Waals surface area contributed by atoms with E-state index in [0.29, 0.717) is 0 Å². The standard InChI is InChI=1S/C14H22N2O3/c1-3-14(15-11(2)6-5-9-17)12-7-4-8-13(10-12)16(18)19/h4,7-8,10-11,14-15,17H,3,5-6,9H2,1-2H3. The molecule has 0 amide bonds. The molecule has 0 saturated carbocycles. The van der Waals surface area contributed by atoms with E-state index in [2.05, 4.69) is 19.2 Å². The fourth-order valence-electron chi connectivity index (χ4n) is 2.13. The van der Waals surface area contributed by atoms with Crippen molar-refractivity contribution in [2.75, 3.05) is 6.61 Å². The Balaban J connectivity index is 2.73. The monoisotopic (exact) mass is 266 g/mol. The number of hydrogen-bond donors (Lipinski definition) is 2. The Morgan fingerprint density at radius 3 is 2.79 bits per heavy atom. The highest BCUT2D eigenvalue weighted by atomic mass is 16.6. The summed E-state index contributed by atoms with van der Waals surface area (Å²) in [7, 11) is 0. The summed E-state index contributed by atoms with van der Waals surface area (Å²) in [5.74, 6) is 0. The first-order chi connectivity index (χ1) is 9.08. The lowest BCUT2D eigenvalue weighted by Gasteiger charge is -2.22. The van der Waals surface area contributed by atoms with Crippen molar-refractivity contribution in [1.82, 2.24) is 5.32 Å². The van der Waals surface area contributed by atoms with Gasteiger partial charge in [0.2, 0.25) is 0 Å². The largest absolute Gasteiger partial charge is 0.396 e. The maximum Gasteiger partial charge on any atom is 0.269 e. The third kappa shape index (κ3) is 4.96. The van der Waals surface area contributed by atoms with Gasteiger partial charge < -0.3 is 10.4 Å². The van der Waals surface area contributed by atoms with Crippen molar-refractivity contribution < 1.29 is 10.0 Å². The lowest BCUT2D eigenvalue weighted by Crippen LogP contribution is -2.30. The molecule has 0 aliphatic heterocycles. The summed E-state index contributed by atoms with van der Waals surface area (Å²) in [5, 5.41) is 23.1. The molecular weight excluding hydrogens is 244 g/mol. The molecule has 1 aromatic carbocycles. The minimum absolute atomic E-state index is 0.105. The average molecular weight is 266 g/mol. The van der Waals surface area contributed by atoms with Crippen LogP contribution in [-0.2, 0) is 0 Å². The first kappa shape index (κ1) is 15.6. The normalized spacial score (nSPS) is 14.1. The van der Waals surface area contributed by atoms with E-state index in [4.69, 9.17) is 5.11 Å². The first-order valence-electron chi connectivity index (χ1n) is 6.69. The fourth-order valence-corrected chi connectivity index (χ4v) is 2.13. The van der Waals surface area contributed by atoms with Gasteiger partial charge in [-0.05, 0) is 31.7 Å². The molecule has 2 N–H and O–H groups in total. The van der Waals surface area contributed by atoms with Gasteiger partial charge in [0.15, 0.2) is 0 Å². The number of hydrogen-bond acceptors (Lipinski definition) is 4. The average Bonchev–Trinajstić information content (AvgIpc) is 2.42. The number of nitrogens with one attached hydrogen (secondary N) is 1. The molecule has 0 aromatic heterocycles. The summed E-state index contributed by atoms with van der Waals surface area (Å²) >= 11 is 0. The Hall–Kier alpha value is -1.46.